The average Bonchev–Trinajstić information content (AvgIpc) is 2.76. The van der Waals surface area contributed by atoms with Crippen LogP contribution in [0, 0.1) is 5.82 Å². The molecule has 3 rings (SSSR count). The van der Waals surface area contributed by atoms with E-state index in [4.69, 9.17) is 0 Å². The number of carbonyl (C=O) groups is 1. The van der Waals surface area contributed by atoms with Crippen LogP contribution in [0.15, 0.2) is 54.6 Å². The lowest BCUT2D eigenvalue weighted by atomic mass is 9.74. The number of benzene rings is 2. The Kier molecular flexibility index (Phi) is 3.50. The maximum Gasteiger partial charge on any atom is 0.221 e. The molecule has 1 amide bonds. The van der Waals surface area contributed by atoms with Crippen molar-refractivity contribution in [3.05, 3.63) is 71.5 Å². The number of nitrogens with one attached hydrogen (secondary N) is 1. The van der Waals surface area contributed by atoms with Crippen LogP contribution in [0.2, 0.25) is 0 Å². The molecule has 0 aromatic heterocycles. The number of halogens is 1. The monoisotopic (exact) mass is 283 g/mol. The van der Waals surface area contributed by atoms with Gasteiger partial charge in [0.1, 0.15) is 5.82 Å². The standard InChI is InChI=1S/C18H18FNO/c1-18(14-7-9-15(19)10-8-14)12-17(21)20-16(18)11-13-5-3-2-4-6-13/h2-10,16H,11-12H2,1H3,(H,20,21). The molecule has 1 heterocycles. The van der Waals surface area contributed by atoms with E-state index in [-0.39, 0.29) is 23.2 Å². The first-order valence-corrected chi connectivity index (χ1v) is 7.17. The zero-order chi connectivity index (χ0) is 14.9. The molecule has 1 N–H and O–H groups in total. The lowest BCUT2D eigenvalue weighted by Crippen LogP contribution is -2.40. The zero-order valence-electron chi connectivity index (χ0n) is 12.0. The van der Waals surface area contributed by atoms with E-state index in [1.807, 2.05) is 18.2 Å². The summed E-state index contributed by atoms with van der Waals surface area (Å²) in [4.78, 5) is 11.9. The van der Waals surface area contributed by atoms with Gasteiger partial charge in [0.15, 0.2) is 0 Å². The molecule has 1 aliphatic rings. The average molecular weight is 283 g/mol. The predicted octanol–water partition coefficient (Wildman–Crippen LogP) is 3.21. The molecule has 1 aliphatic heterocycles. The third kappa shape index (κ3) is 2.68. The van der Waals surface area contributed by atoms with E-state index in [1.54, 1.807) is 12.1 Å². The summed E-state index contributed by atoms with van der Waals surface area (Å²) in [5.74, 6) is -0.193. The molecule has 2 nitrogen and oxygen atoms in total. The Labute approximate surface area is 124 Å². The first kappa shape index (κ1) is 13.8. The summed E-state index contributed by atoms with van der Waals surface area (Å²) in [6.45, 7) is 2.08. The van der Waals surface area contributed by atoms with Gasteiger partial charge in [0.2, 0.25) is 5.91 Å². The van der Waals surface area contributed by atoms with Crippen LogP contribution in [-0.4, -0.2) is 11.9 Å². The highest BCUT2D eigenvalue weighted by atomic mass is 19.1. The Balaban J connectivity index is 1.91. The number of amides is 1. The summed E-state index contributed by atoms with van der Waals surface area (Å²) in [5.41, 5.74) is 1.89. The molecule has 0 spiro atoms. The Hall–Kier alpha value is -2.16. The fourth-order valence-electron chi connectivity index (χ4n) is 3.12. The van der Waals surface area contributed by atoms with E-state index in [0.717, 1.165) is 12.0 Å². The van der Waals surface area contributed by atoms with Crippen LogP contribution in [0.4, 0.5) is 4.39 Å². The van der Waals surface area contributed by atoms with Gasteiger partial charge in [-0.2, -0.15) is 0 Å². The molecule has 0 radical (unpaired) electrons. The summed E-state index contributed by atoms with van der Waals surface area (Å²) >= 11 is 0. The molecule has 3 heteroatoms. The van der Waals surface area contributed by atoms with E-state index in [2.05, 4.69) is 24.4 Å². The van der Waals surface area contributed by atoms with Crippen molar-refractivity contribution in [3.63, 3.8) is 0 Å². The SMILES string of the molecule is CC1(c2ccc(F)cc2)CC(=O)NC1Cc1ccccc1. The summed E-state index contributed by atoms with van der Waals surface area (Å²) in [7, 11) is 0. The second-order valence-corrected chi connectivity index (χ2v) is 5.91. The molecule has 2 aromatic carbocycles. The highest BCUT2D eigenvalue weighted by molar-refractivity contribution is 5.81. The van der Waals surface area contributed by atoms with E-state index < -0.39 is 0 Å². The number of carbonyl (C=O) groups excluding carboxylic acids is 1. The number of hydrogen-bond acceptors (Lipinski definition) is 1. The van der Waals surface area contributed by atoms with Crippen molar-refractivity contribution in [3.8, 4) is 0 Å². The molecule has 2 aromatic rings. The predicted molar refractivity (Wildman–Crippen MR) is 80.4 cm³/mol. The lowest BCUT2D eigenvalue weighted by molar-refractivity contribution is -0.119. The first-order chi connectivity index (χ1) is 10.1. The Bertz CT molecular complexity index is 638. The minimum absolute atomic E-state index is 0.0258. The molecule has 0 bridgehead atoms. The van der Waals surface area contributed by atoms with Crippen LogP contribution in [0.1, 0.15) is 24.5 Å². The molecular weight excluding hydrogens is 265 g/mol. The van der Waals surface area contributed by atoms with Crippen molar-refractivity contribution in [2.45, 2.75) is 31.2 Å². The molecule has 21 heavy (non-hydrogen) atoms. The minimum atomic E-state index is -0.305. The molecule has 0 aliphatic carbocycles. The number of hydrogen-bond donors (Lipinski definition) is 1. The molecule has 1 saturated heterocycles. The molecular formula is C18H18FNO. The topological polar surface area (TPSA) is 29.1 Å². The summed E-state index contributed by atoms with van der Waals surface area (Å²) < 4.78 is 13.1. The smallest absolute Gasteiger partial charge is 0.221 e. The summed E-state index contributed by atoms with van der Waals surface area (Å²) in [6, 6.07) is 16.6. The molecule has 2 unspecified atom stereocenters. The van der Waals surface area contributed by atoms with Crippen LogP contribution >= 0.6 is 0 Å². The van der Waals surface area contributed by atoms with Gasteiger partial charge >= 0.3 is 0 Å². The van der Waals surface area contributed by atoms with Crippen molar-refractivity contribution in [2.75, 3.05) is 0 Å². The molecule has 108 valence electrons. The van der Waals surface area contributed by atoms with Gasteiger partial charge in [-0.1, -0.05) is 49.4 Å². The van der Waals surface area contributed by atoms with Gasteiger partial charge in [0, 0.05) is 17.9 Å². The van der Waals surface area contributed by atoms with E-state index in [1.165, 1.54) is 17.7 Å². The molecule has 2 atom stereocenters. The quantitative estimate of drug-likeness (QED) is 0.920. The minimum Gasteiger partial charge on any atom is -0.352 e. The van der Waals surface area contributed by atoms with Crippen LogP contribution < -0.4 is 5.32 Å². The highest BCUT2D eigenvalue weighted by Gasteiger charge is 2.44. The van der Waals surface area contributed by atoms with Crippen LogP contribution in [0.3, 0.4) is 0 Å². The fourth-order valence-corrected chi connectivity index (χ4v) is 3.12. The first-order valence-electron chi connectivity index (χ1n) is 7.17. The van der Waals surface area contributed by atoms with Crippen molar-refractivity contribution in [1.82, 2.24) is 5.32 Å². The van der Waals surface area contributed by atoms with E-state index in [9.17, 15) is 9.18 Å². The Morgan fingerprint density at radius 2 is 1.81 bits per heavy atom. The normalized spacial score (nSPS) is 24.9. The summed E-state index contributed by atoms with van der Waals surface area (Å²) in [5, 5.41) is 3.07. The van der Waals surface area contributed by atoms with Gasteiger partial charge in [0.25, 0.3) is 0 Å². The van der Waals surface area contributed by atoms with E-state index in [0.29, 0.717) is 6.42 Å². The zero-order valence-corrected chi connectivity index (χ0v) is 12.0. The van der Waals surface area contributed by atoms with Crippen molar-refractivity contribution >= 4 is 5.91 Å². The van der Waals surface area contributed by atoms with Gasteiger partial charge in [-0.25, -0.2) is 4.39 Å². The van der Waals surface area contributed by atoms with Gasteiger partial charge in [0.05, 0.1) is 0 Å². The van der Waals surface area contributed by atoms with Crippen molar-refractivity contribution in [2.24, 2.45) is 0 Å². The third-order valence-corrected chi connectivity index (χ3v) is 4.42. The van der Waals surface area contributed by atoms with Gasteiger partial charge in [-0.05, 0) is 29.7 Å². The molecule has 0 saturated carbocycles. The third-order valence-electron chi connectivity index (χ3n) is 4.42. The van der Waals surface area contributed by atoms with Crippen LogP contribution in [0.5, 0.6) is 0 Å². The van der Waals surface area contributed by atoms with E-state index >= 15 is 0 Å². The fraction of sp³-hybridized carbons (Fsp3) is 0.278. The maximum atomic E-state index is 13.1. The summed E-state index contributed by atoms with van der Waals surface area (Å²) in [6.07, 6.45) is 1.22. The van der Waals surface area contributed by atoms with Crippen molar-refractivity contribution < 1.29 is 9.18 Å². The second kappa shape index (κ2) is 5.32. The van der Waals surface area contributed by atoms with Crippen LogP contribution in [0.25, 0.3) is 0 Å². The maximum absolute atomic E-state index is 13.1. The van der Waals surface area contributed by atoms with Gasteiger partial charge in [-0.3, -0.25) is 4.79 Å². The Morgan fingerprint density at radius 3 is 2.48 bits per heavy atom. The van der Waals surface area contributed by atoms with Crippen LogP contribution in [-0.2, 0) is 16.6 Å². The Morgan fingerprint density at radius 1 is 1.14 bits per heavy atom. The van der Waals surface area contributed by atoms with Crippen molar-refractivity contribution in [1.29, 1.82) is 0 Å². The number of rotatable bonds is 3. The lowest BCUT2D eigenvalue weighted by Gasteiger charge is -2.31. The second-order valence-electron chi connectivity index (χ2n) is 5.91. The largest absolute Gasteiger partial charge is 0.352 e. The highest BCUT2D eigenvalue weighted by Crippen LogP contribution is 2.37. The molecule has 1 fully saturated rings. The van der Waals surface area contributed by atoms with Gasteiger partial charge < -0.3 is 5.32 Å². The van der Waals surface area contributed by atoms with Gasteiger partial charge in [-0.15, -0.1) is 0 Å².